The van der Waals surface area contributed by atoms with Crippen LogP contribution in [0.3, 0.4) is 0 Å². The van der Waals surface area contributed by atoms with Gasteiger partial charge in [-0.15, -0.1) is 0 Å². The minimum atomic E-state index is -0.0178. The maximum Gasteiger partial charge on any atom is 0.240 e. The zero-order chi connectivity index (χ0) is 13.1. The Bertz CT molecular complexity index is 618. The largest absolute Gasteiger partial charge is 0.273 e. The average Bonchev–Trinajstić information content (AvgIpc) is 2.49. The van der Waals surface area contributed by atoms with Crippen LogP contribution in [0.4, 0.5) is 0 Å². The van der Waals surface area contributed by atoms with Gasteiger partial charge in [-0.3, -0.25) is 9.78 Å². The van der Waals surface area contributed by atoms with Crippen molar-refractivity contribution in [2.24, 2.45) is 5.10 Å². The van der Waals surface area contributed by atoms with Crippen molar-refractivity contribution >= 4 is 11.6 Å². The molecule has 0 saturated carbocycles. The van der Waals surface area contributed by atoms with Crippen molar-refractivity contribution in [3.63, 3.8) is 0 Å². The molecule has 4 nitrogen and oxygen atoms in total. The van der Waals surface area contributed by atoms with E-state index in [1.807, 2.05) is 42.6 Å². The Balaban J connectivity index is 1.85. The zero-order valence-electron chi connectivity index (χ0n) is 10.3. The molecule has 0 atom stereocenters. The van der Waals surface area contributed by atoms with Crippen LogP contribution in [-0.2, 0) is 4.79 Å². The Morgan fingerprint density at radius 2 is 1.74 bits per heavy atom. The van der Waals surface area contributed by atoms with Crippen LogP contribution >= 0.6 is 0 Å². The Morgan fingerprint density at radius 3 is 2.37 bits per heavy atom. The number of rotatable bonds is 2. The fourth-order valence-corrected chi connectivity index (χ4v) is 2.07. The summed E-state index contributed by atoms with van der Waals surface area (Å²) in [5.74, 6) is -0.0178. The van der Waals surface area contributed by atoms with E-state index in [9.17, 15) is 4.79 Å². The van der Waals surface area contributed by atoms with Gasteiger partial charge in [-0.05, 0) is 22.8 Å². The Labute approximate surface area is 111 Å². The molecule has 94 valence electrons. The van der Waals surface area contributed by atoms with E-state index in [0.717, 1.165) is 22.4 Å². The molecule has 1 aliphatic heterocycles. The van der Waals surface area contributed by atoms with Crippen LogP contribution in [0.25, 0.3) is 11.1 Å². The van der Waals surface area contributed by atoms with Gasteiger partial charge >= 0.3 is 0 Å². The SMILES string of the molecule is O=C1CCC(c2ccc(-c3cccnc3)cc2)=NN1. The summed E-state index contributed by atoms with van der Waals surface area (Å²) in [6, 6.07) is 12.1. The van der Waals surface area contributed by atoms with E-state index in [1.165, 1.54) is 0 Å². The van der Waals surface area contributed by atoms with E-state index in [-0.39, 0.29) is 5.91 Å². The van der Waals surface area contributed by atoms with Crippen LogP contribution in [0.1, 0.15) is 18.4 Å². The molecule has 0 spiro atoms. The van der Waals surface area contributed by atoms with E-state index < -0.39 is 0 Å². The van der Waals surface area contributed by atoms with Crippen molar-refractivity contribution < 1.29 is 4.79 Å². The number of benzene rings is 1. The molecular formula is C15H13N3O. The van der Waals surface area contributed by atoms with Crippen LogP contribution in [0.15, 0.2) is 53.9 Å². The lowest BCUT2D eigenvalue weighted by atomic mass is 10.0. The van der Waals surface area contributed by atoms with E-state index in [2.05, 4.69) is 15.5 Å². The predicted octanol–water partition coefficient (Wildman–Crippen LogP) is 2.36. The Hall–Kier alpha value is -2.49. The van der Waals surface area contributed by atoms with E-state index >= 15 is 0 Å². The lowest BCUT2D eigenvalue weighted by molar-refractivity contribution is -0.121. The second-order valence-electron chi connectivity index (χ2n) is 4.41. The standard InChI is InChI=1S/C15H13N3O/c19-15-8-7-14(17-18-15)12-5-3-11(4-6-12)13-2-1-9-16-10-13/h1-6,9-10H,7-8H2,(H,18,19). The number of nitrogens with zero attached hydrogens (tertiary/aromatic N) is 2. The summed E-state index contributed by atoms with van der Waals surface area (Å²) < 4.78 is 0. The van der Waals surface area contributed by atoms with Gasteiger partial charge in [-0.2, -0.15) is 5.10 Å². The maximum absolute atomic E-state index is 11.1. The highest BCUT2D eigenvalue weighted by Crippen LogP contribution is 2.19. The summed E-state index contributed by atoms with van der Waals surface area (Å²) in [6.45, 7) is 0. The third-order valence-corrected chi connectivity index (χ3v) is 3.12. The van der Waals surface area contributed by atoms with Gasteiger partial charge in [0.15, 0.2) is 0 Å². The molecule has 0 fully saturated rings. The minimum Gasteiger partial charge on any atom is -0.273 e. The van der Waals surface area contributed by atoms with Crippen molar-refractivity contribution in [2.45, 2.75) is 12.8 Å². The van der Waals surface area contributed by atoms with Crippen molar-refractivity contribution in [3.05, 3.63) is 54.4 Å². The van der Waals surface area contributed by atoms with Gasteiger partial charge < -0.3 is 0 Å². The monoisotopic (exact) mass is 251 g/mol. The van der Waals surface area contributed by atoms with E-state index in [4.69, 9.17) is 0 Å². The number of hydrogen-bond acceptors (Lipinski definition) is 3. The minimum absolute atomic E-state index is 0.0178. The topological polar surface area (TPSA) is 54.4 Å². The molecular weight excluding hydrogens is 238 g/mol. The van der Waals surface area contributed by atoms with E-state index in [1.54, 1.807) is 6.20 Å². The van der Waals surface area contributed by atoms with Crippen LogP contribution in [0.5, 0.6) is 0 Å². The van der Waals surface area contributed by atoms with Gasteiger partial charge in [0.05, 0.1) is 5.71 Å². The van der Waals surface area contributed by atoms with Gasteiger partial charge in [-0.25, -0.2) is 5.43 Å². The van der Waals surface area contributed by atoms with Crippen molar-refractivity contribution in [1.82, 2.24) is 10.4 Å². The molecule has 1 N–H and O–H groups in total. The molecule has 0 saturated heterocycles. The molecule has 19 heavy (non-hydrogen) atoms. The molecule has 4 heteroatoms. The summed E-state index contributed by atoms with van der Waals surface area (Å²) >= 11 is 0. The first-order valence-electron chi connectivity index (χ1n) is 6.19. The highest BCUT2D eigenvalue weighted by atomic mass is 16.2. The zero-order valence-corrected chi connectivity index (χ0v) is 10.3. The molecule has 0 unspecified atom stereocenters. The van der Waals surface area contributed by atoms with Gasteiger partial charge in [0.25, 0.3) is 0 Å². The molecule has 1 aromatic carbocycles. The van der Waals surface area contributed by atoms with Crippen LogP contribution in [0, 0.1) is 0 Å². The highest BCUT2D eigenvalue weighted by molar-refractivity contribution is 6.04. The smallest absolute Gasteiger partial charge is 0.240 e. The van der Waals surface area contributed by atoms with Crippen molar-refractivity contribution in [2.75, 3.05) is 0 Å². The average molecular weight is 251 g/mol. The number of carbonyl (C=O) groups is 1. The summed E-state index contributed by atoms with van der Waals surface area (Å²) in [7, 11) is 0. The molecule has 0 aliphatic carbocycles. The number of carbonyl (C=O) groups excluding carboxylic acids is 1. The maximum atomic E-state index is 11.1. The molecule has 2 aromatic rings. The predicted molar refractivity (Wildman–Crippen MR) is 73.6 cm³/mol. The van der Waals surface area contributed by atoms with E-state index in [0.29, 0.717) is 12.8 Å². The molecule has 1 amide bonds. The first-order valence-corrected chi connectivity index (χ1v) is 6.19. The summed E-state index contributed by atoms with van der Waals surface area (Å²) in [4.78, 5) is 15.2. The summed E-state index contributed by atoms with van der Waals surface area (Å²) in [5, 5.41) is 4.09. The molecule has 3 rings (SSSR count). The lowest BCUT2D eigenvalue weighted by Gasteiger charge is -2.12. The summed E-state index contributed by atoms with van der Waals surface area (Å²) in [5.41, 5.74) is 6.71. The van der Waals surface area contributed by atoms with Crippen LogP contribution in [-0.4, -0.2) is 16.6 Å². The van der Waals surface area contributed by atoms with Crippen molar-refractivity contribution in [1.29, 1.82) is 0 Å². The molecule has 0 radical (unpaired) electrons. The van der Waals surface area contributed by atoms with Gasteiger partial charge in [0.2, 0.25) is 5.91 Å². The number of hydrazone groups is 1. The third kappa shape index (κ3) is 2.52. The first kappa shape index (κ1) is 11.6. The quantitative estimate of drug-likeness (QED) is 0.890. The molecule has 2 heterocycles. The van der Waals surface area contributed by atoms with Gasteiger partial charge in [0.1, 0.15) is 0 Å². The first-order chi connectivity index (χ1) is 9.33. The number of hydrogen-bond donors (Lipinski definition) is 1. The number of nitrogens with one attached hydrogen (secondary N) is 1. The normalized spacial score (nSPS) is 14.7. The van der Waals surface area contributed by atoms with Crippen LogP contribution < -0.4 is 5.43 Å². The third-order valence-electron chi connectivity index (χ3n) is 3.12. The molecule has 0 bridgehead atoms. The molecule has 1 aromatic heterocycles. The second-order valence-corrected chi connectivity index (χ2v) is 4.41. The number of aromatic nitrogens is 1. The fourth-order valence-electron chi connectivity index (χ4n) is 2.07. The lowest BCUT2D eigenvalue weighted by Crippen LogP contribution is -2.25. The van der Waals surface area contributed by atoms with Gasteiger partial charge in [0, 0.05) is 25.2 Å². The fraction of sp³-hybridized carbons (Fsp3) is 0.133. The second kappa shape index (κ2) is 5.02. The molecule has 1 aliphatic rings. The summed E-state index contributed by atoms with van der Waals surface area (Å²) in [6.07, 6.45) is 4.80. The number of amides is 1. The van der Waals surface area contributed by atoms with Crippen LogP contribution in [0.2, 0.25) is 0 Å². The Morgan fingerprint density at radius 1 is 0.947 bits per heavy atom. The van der Waals surface area contributed by atoms with Crippen molar-refractivity contribution in [3.8, 4) is 11.1 Å². The van der Waals surface area contributed by atoms with Gasteiger partial charge in [-0.1, -0.05) is 30.3 Å². The Kier molecular flexibility index (Phi) is 3.06. The number of pyridine rings is 1. The highest BCUT2D eigenvalue weighted by Gasteiger charge is 2.12.